The zero-order chi connectivity index (χ0) is 13.0. The van der Waals surface area contributed by atoms with Crippen molar-refractivity contribution in [2.45, 2.75) is 56.7 Å². The Morgan fingerprint density at radius 2 is 1.83 bits per heavy atom. The van der Waals surface area contributed by atoms with E-state index in [0.717, 1.165) is 0 Å². The molecule has 1 aliphatic rings. The second-order valence-corrected chi connectivity index (χ2v) is 12.3. The van der Waals surface area contributed by atoms with Crippen molar-refractivity contribution in [2.24, 2.45) is 0 Å². The molecule has 1 aromatic rings. The van der Waals surface area contributed by atoms with Gasteiger partial charge in [-0.05, 0) is 0 Å². The second-order valence-electron chi connectivity index (χ2n) is 5.06. The summed E-state index contributed by atoms with van der Waals surface area (Å²) in [5.74, 6) is 0. The van der Waals surface area contributed by atoms with E-state index in [4.69, 9.17) is 4.43 Å². The molecular weight excluding hydrogens is 303 g/mol. The molecule has 0 saturated heterocycles. The molecule has 0 N–H and O–H groups in total. The molecule has 1 heterocycles. The second kappa shape index (κ2) is 6.38. The molecule has 2 rings (SSSR count). The van der Waals surface area contributed by atoms with Crippen molar-refractivity contribution in [3.63, 3.8) is 0 Å². The molecule has 0 aliphatic carbocycles. The molecule has 0 fully saturated rings. The summed E-state index contributed by atoms with van der Waals surface area (Å²) in [7, 11) is -1.41. The van der Waals surface area contributed by atoms with Crippen LogP contribution in [0, 0.1) is 0 Å². The van der Waals surface area contributed by atoms with Gasteiger partial charge in [0.25, 0.3) is 0 Å². The molecule has 1 unspecified atom stereocenters. The molecule has 0 radical (unpaired) electrons. The Hall–Kier alpha value is -0.0836. The molecule has 1 aliphatic heterocycles. The molecule has 1 nitrogen and oxygen atoms in total. The van der Waals surface area contributed by atoms with E-state index in [1.165, 1.54) is 31.0 Å². The summed E-state index contributed by atoms with van der Waals surface area (Å²) in [6.07, 6.45) is 2.45. The van der Waals surface area contributed by atoms with Gasteiger partial charge >= 0.3 is 119 Å². The van der Waals surface area contributed by atoms with Crippen molar-refractivity contribution >= 4 is 27.7 Å². The van der Waals surface area contributed by atoms with E-state index in [1.54, 1.807) is 10.0 Å². The predicted molar refractivity (Wildman–Crippen MR) is 82.2 cm³/mol. The molecule has 1 aromatic carbocycles. The molecule has 1 atom stereocenters. The maximum absolute atomic E-state index is 6.65. The molecule has 0 amide bonds. The third kappa shape index (κ3) is 3.08. The summed E-state index contributed by atoms with van der Waals surface area (Å²) in [6, 6.07) is 12.7. The van der Waals surface area contributed by atoms with Crippen LogP contribution in [0.2, 0.25) is 18.1 Å². The monoisotopic (exact) mass is 328 g/mol. The van der Waals surface area contributed by atoms with Gasteiger partial charge in [0.05, 0.1) is 0 Å². The van der Waals surface area contributed by atoms with E-state index in [1.807, 2.05) is 0 Å². The normalized spacial score (nSPS) is 19.6. The molecule has 0 bridgehead atoms. The van der Waals surface area contributed by atoms with Gasteiger partial charge in [-0.25, -0.2) is 0 Å². The van der Waals surface area contributed by atoms with Crippen molar-refractivity contribution < 1.29 is 4.43 Å². The van der Waals surface area contributed by atoms with Gasteiger partial charge in [0.2, 0.25) is 0 Å². The van der Waals surface area contributed by atoms with Crippen LogP contribution in [0.1, 0.15) is 32.8 Å². The zero-order valence-electron chi connectivity index (χ0n) is 11.7. The van der Waals surface area contributed by atoms with E-state index in [-0.39, 0.29) is 0 Å². The Bertz CT molecular complexity index is 382. The quantitative estimate of drug-likeness (QED) is 0.754. The predicted octanol–water partition coefficient (Wildman–Crippen LogP) is 3.31. The van der Waals surface area contributed by atoms with Crippen LogP contribution in [0.25, 0.3) is 0 Å². The standard InChI is InChI=1S/C15H24OSeSi/c1-4-18(5-2,6-3)16-15-12-11-13-9-7-8-10-14(13)17-15/h7-10,15H,4-6,11-12H2,1-3H3. The van der Waals surface area contributed by atoms with Gasteiger partial charge in [-0.2, -0.15) is 0 Å². The van der Waals surface area contributed by atoms with E-state index >= 15 is 0 Å². The average Bonchev–Trinajstić information content (AvgIpc) is 2.45. The number of benzene rings is 1. The first-order valence-corrected chi connectivity index (χ1v) is 11.5. The summed E-state index contributed by atoms with van der Waals surface area (Å²) in [5, 5.41) is 0.541. The van der Waals surface area contributed by atoms with Gasteiger partial charge in [0, 0.05) is 0 Å². The van der Waals surface area contributed by atoms with E-state index in [2.05, 4.69) is 45.0 Å². The van der Waals surface area contributed by atoms with Crippen LogP contribution >= 0.6 is 0 Å². The molecule has 100 valence electrons. The van der Waals surface area contributed by atoms with Crippen molar-refractivity contribution in [3.05, 3.63) is 29.8 Å². The minimum atomic E-state index is -1.41. The topological polar surface area (TPSA) is 9.23 Å². The van der Waals surface area contributed by atoms with Crippen LogP contribution in [0.5, 0.6) is 0 Å². The van der Waals surface area contributed by atoms with Crippen molar-refractivity contribution in [1.82, 2.24) is 0 Å². The number of fused-ring (bicyclic) bond motifs is 1. The SMILES string of the molecule is CC[Si](CC)(CC)OC1CCc2ccccc2[Se]1. The number of hydrogen-bond donors (Lipinski definition) is 0. The fourth-order valence-corrected chi connectivity index (χ4v) is 9.07. The first kappa shape index (κ1) is 14.3. The van der Waals surface area contributed by atoms with Crippen LogP contribution in [-0.2, 0) is 10.8 Å². The Morgan fingerprint density at radius 1 is 1.17 bits per heavy atom. The number of rotatable bonds is 5. The number of hydrogen-bond acceptors (Lipinski definition) is 1. The molecular formula is C15H24OSeSi. The van der Waals surface area contributed by atoms with Crippen molar-refractivity contribution in [1.29, 1.82) is 0 Å². The van der Waals surface area contributed by atoms with Crippen molar-refractivity contribution in [3.8, 4) is 0 Å². The van der Waals surface area contributed by atoms with Gasteiger partial charge in [-0.15, -0.1) is 0 Å². The van der Waals surface area contributed by atoms with Gasteiger partial charge in [-0.3, -0.25) is 0 Å². The van der Waals surface area contributed by atoms with Gasteiger partial charge in [0.1, 0.15) is 0 Å². The fourth-order valence-electron chi connectivity index (χ4n) is 2.66. The minimum absolute atomic E-state index is 0.520. The van der Waals surface area contributed by atoms with Gasteiger partial charge in [-0.1, -0.05) is 0 Å². The Labute approximate surface area is 119 Å². The van der Waals surface area contributed by atoms with Crippen molar-refractivity contribution in [2.75, 3.05) is 0 Å². The van der Waals surface area contributed by atoms with Crippen LogP contribution in [0.4, 0.5) is 0 Å². The van der Waals surface area contributed by atoms with Crippen LogP contribution < -0.4 is 4.46 Å². The van der Waals surface area contributed by atoms with E-state index < -0.39 is 8.32 Å². The average molecular weight is 327 g/mol. The zero-order valence-corrected chi connectivity index (χ0v) is 14.5. The molecule has 18 heavy (non-hydrogen) atoms. The molecule has 3 heteroatoms. The molecule has 0 aromatic heterocycles. The fraction of sp³-hybridized carbons (Fsp3) is 0.600. The van der Waals surface area contributed by atoms with E-state index in [0.29, 0.717) is 20.0 Å². The molecule has 0 spiro atoms. The summed E-state index contributed by atoms with van der Waals surface area (Å²) in [4.78, 5) is 0. The van der Waals surface area contributed by atoms with E-state index in [9.17, 15) is 0 Å². The Morgan fingerprint density at radius 3 is 2.50 bits per heavy atom. The Kier molecular flexibility index (Phi) is 5.08. The van der Waals surface area contributed by atoms with Crippen LogP contribution in [0.15, 0.2) is 24.3 Å². The first-order valence-electron chi connectivity index (χ1n) is 7.15. The summed E-state index contributed by atoms with van der Waals surface area (Å²) in [5.41, 5.74) is 1.56. The summed E-state index contributed by atoms with van der Waals surface area (Å²) >= 11 is 0.520. The van der Waals surface area contributed by atoms with Crippen LogP contribution in [-0.4, -0.2) is 28.3 Å². The first-order chi connectivity index (χ1) is 8.73. The summed E-state index contributed by atoms with van der Waals surface area (Å²) < 4.78 is 8.23. The Balaban J connectivity index is 2.05. The van der Waals surface area contributed by atoms with Gasteiger partial charge < -0.3 is 0 Å². The number of aryl methyl sites for hydroxylation is 1. The maximum atomic E-state index is 6.65. The summed E-state index contributed by atoms with van der Waals surface area (Å²) in [6.45, 7) is 6.97. The third-order valence-electron chi connectivity index (χ3n) is 4.19. The van der Waals surface area contributed by atoms with Crippen LogP contribution in [0.3, 0.4) is 0 Å². The van der Waals surface area contributed by atoms with Gasteiger partial charge in [0.15, 0.2) is 0 Å². The third-order valence-corrected chi connectivity index (χ3v) is 11.8. The molecule has 0 saturated carbocycles.